The first-order chi connectivity index (χ1) is 14.6. The molecule has 0 aliphatic heterocycles. The van der Waals surface area contributed by atoms with Gasteiger partial charge in [-0.15, -0.1) is 0 Å². The van der Waals surface area contributed by atoms with Crippen LogP contribution in [-0.2, 0) is 4.74 Å². The summed E-state index contributed by atoms with van der Waals surface area (Å²) in [6, 6.07) is 17.1. The van der Waals surface area contributed by atoms with Gasteiger partial charge in [-0.3, -0.25) is 4.79 Å². The number of benzene rings is 2. The Kier molecular flexibility index (Phi) is 7.00. The molecule has 0 bridgehead atoms. The molecule has 1 heterocycles. The molecule has 30 heavy (non-hydrogen) atoms. The summed E-state index contributed by atoms with van der Waals surface area (Å²) >= 11 is 0. The predicted octanol–water partition coefficient (Wildman–Crippen LogP) is 4.27. The highest BCUT2D eigenvalue weighted by Gasteiger charge is 2.16. The minimum atomic E-state index is -0.640. The van der Waals surface area contributed by atoms with E-state index in [0.717, 1.165) is 11.4 Å². The van der Waals surface area contributed by atoms with Gasteiger partial charge in [0.1, 0.15) is 22.9 Å². The van der Waals surface area contributed by atoms with E-state index in [0.29, 0.717) is 23.7 Å². The average Bonchev–Trinajstić information content (AvgIpc) is 2.79. The van der Waals surface area contributed by atoms with Crippen LogP contribution in [0.1, 0.15) is 27.6 Å². The molecule has 7 heteroatoms. The van der Waals surface area contributed by atoms with Gasteiger partial charge < -0.3 is 19.5 Å². The number of hydrogen-bond acceptors (Lipinski definition) is 7. The SMILES string of the molecule is CCOc1ccc(Nc2ncccc2C(=O)OCC(=O)c2ccc(OC)cc2)cc1. The van der Waals surface area contributed by atoms with Crippen molar-refractivity contribution in [2.24, 2.45) is 0 Å². The molecular weight excluding hydrogens is 384 g/mol. The van der Waals surface area contributed by atoms with Crippen molar-refractivity contribution < 1.29 is 23.8 Å². The molecule has 0 radical (unpaired) electrons. The molecule has 0 aliphatic rings. The Morgan fingerprint density at radius 1 is 0.967 bits per heavy atom. The number of pyridine rings is 1. The quantitative estimate of drug-likeness (QED) is 0.419. The van der Waals surface area contributed by atoms with Crippen LogP contribution in [0.3, 0.4) is 0 Å². The second kappa shape index (κ2) is 10.1. The van der Waals surface area contributed by atoms with Crippen molar-refractivity contribution in [2.45, 2.75) is 6.92 Å². The number of esters is 1. The van der Waals surface area contributed by atoms with Crippen molar-refractivity contribution in [2.75, 3.05) is 25.6 Å². The van der Waals surface area contributed by atoms with Crippen LogP contribution in [0.25, 0.3) is 0 Å². The molecule has 0 unspecified atom stereocenters. The van der Waals surface area contributed by atoms with Crippen molar-refractivity contribution in [3.63, 3.8) is 0 Å². The zero-order valence-electron chi connectivity index (χ0n) is 16.8. The molecule has 0 aliphatic carbocycles. The molecule has 3 rings (SSSR count). The summed E-state index contributed by atoms with van der Waals surface area (Å²) in [5.41, 5.74) is 1.40. The largest absolute Gasteiger partial charge is 0.497 e. The Bertz CT molecular complexity index is 1000. The van der Waals surface area contributed by atoms with Crippen LogP contribution in [0.4, 0.5) is 11.5 Å². The molecule has 154 valence electrons. The summed E-state index contributed by atoms with van der Waals surface area (Å²) in [4.78, 5) is 29.0. The fourth-order valence-electron chi connectivity index (χ4n) is 2.68. The molecule has 0 fully saturated rings. The predicted molar refractivity (Wildman–Crippen MR) is 113 cm³/mol. The molecule has 1 aromatic heterocycles. The van der Waals surface area contributed by atoms with Crippen molar-refractivity contribution in [3.8, 4) is 11.5 Å². The number of methoxy groups -OCH3 is 1. The maximum absolute atomic E-state index is 12.5. The highest BCUT2D eigenvalue weighted by Crippen LogP contribution is 2.22. The van der Waals surface area contributed by atoms with Crippen LogP contribution < -0.4 is 14.8 Å². The van der Waals surface area contributed by atoms with Gasteiger partial charge in [0.05, 0.1) is 13.7 Å². The zero-order chi connectivity index (χ0) is 21.3. The lowest BCUT2D eigenvalue weighted by Gasteiger charge is -2.11. The van der Waals surface area contributed by atoms with E-state index in [1.54, 1.807) is 49.7 Å². The number of ketones is 1. The first kappa shape index (κ1) is 20.9. The van der Waals surface area contributed by atoms with E-state index in [-0.39, 0.29) is 18.0 Å². The number of carbonyl (C=O) groups excluding carboxylic acids is 2. The number of hydrogen-bond donors (Lipinski definition) is 1. The molecule has 3 aromatic rings. The molecule has 0 spiro atoms. The molecule has 1 N–H and O–H groups in total. The second-order valence-corrected chi connectivity index (χ2v) is 6.21. The number of nitrogens with zero attached hydrogens (tertiary/aromatic N) is 1. The normalized spacial score (nSPS) is 10.2. The lowest BCUT2D eigenvalue weighted by atomic mass is 10.1. The van der Waals surface area contributed by atoms with Crippen LogP contribution in [-0.4, -0.2) is 37.1 Å². The minimum absolute atomic E-state index is 0.230. The summed E-state index contributed by atoms with van der Waals surface area (Å²) < 4.78 is 15.7. The van der Waals surface area contributed by atoms with E-state index >= 15 is 0 Å². The molecular formula is C23H22N2O5. The van der Waals surface area contributed by atoms with Crippen molar-refractivity contribution >= 4 is 23.3 Å². The number of rotatable bonds is 9. The van der Waals surface area contributed by atoms with Crippen LogP contribution in [0.2, 0.25) is 0 Å². The molecule has 7 nitrogen and oxygen atoms in total. The van der Waals surface area contributed by atoms with Gasteiger partial charge in [-0.25, -0.2) is 9.78 Å². The van der Waals surface area contributed by atoms with E-state index < -0.39 is 5.97 Å². The lowest BCUT2D eigenvalue weighted by molar-refractivity contribution is 0.0475. The first-order valence-electron chi connectivity index (χ1n) is 9.40. The summed E-state index contributed by atoms with van der Waals surface area (Å²) in [5, 5.41) is 3.09. The number of carbonyl (C=O) groups is 2. The molecule has 0 saturated heterocycles. The van der Waals surface area contributed by atoms with Gasteiger partial charge in [0.15, 0.2) is 12.4 Å². The Morgan fingerprint density at radius 3 is 2.33 bits per heavy atom. The number of Topliss-reactive ketones (excluding diaryl/α,β-unsaturated/α-hetero) is 1. The number of anilines is 2. The van der Waals surface area contributed by atoms with E-state index in [1.165, 1.54) is 0 Å². The van der Waals surface area contributed by atoms with Gasteiger partial charge >= 0.3 is 5.97 Å². The standard InChI is InChI=1S/C23H22N2O5/c1-3-29-19-12-8-17(9-13-19)25-22-20(5-4-14-24-22)23(27)30-15-21(26)16-6-10-18(28-2)11-7-16/h4-14H,3,15H2,1-2H3,(H,24,25). The number of aromatic nitrogens is 1. The topological polar surface area (TPSA) is 86.8 Å². The summed E-state index contributed by atoms with van der Waals surface area (Å²) in [7, 11) is 1.55. The van der Waals surface area contributed by atoms with Crippen molar-refractivity contribution in [1.29, 1.82) is 0 Å². The van der Waals surface area contributed by atoms with Crippen molar-refractivity contribution in [1.82, 2.24) is 4.98 Å². The zero-order valence-corrected chi connectivity index (χ0v) is 16.8. The highest BCUT2D eigenvalue weighted by atomic mass is 16.5. The third-order valence-corrected chi connectivity index (χ3v) is 4.20. The molecule has 0 saturated carbocycles. The number of nitrogens with one attached hydrogen (secondary N) is 1. The lowest BCUT2D eigenvalue weighted by Crippen LogP contribution is -2.15. The fourth-order valence-corrected chi connectivity index (χ4v) is 2.68. The van der Waals surface area contributed by atoms with E-state index in [4.69, 9.17) is 14.2 Å². The van der Waals surface area contributed by atoms with E-state index in [9.17, 15) is 9.59 Å². The molecule has 2 aromatic carbocycles. The van der Waals surface area contributed by atoms with Crippen LogP contribution in [0.5, 0.6) is 11.5 Å². The molecule has 0 amide bonds. The first-order valence-corrected chi connectivity index (χ1v) is 9.40. The smallest absolute Gasteiger partial charge is 0.342 e. The summed E-state index contributed by atoms with van der Waals surface area (Å²) in [5.74, 6) is 0.780. The Hall–Kier alpha value is -3.87. The van der Waals surface area contributed by atoms with Crippen LogP contribution in [0, 0.1) is 0 Å². The highest BCUT2D eigenvalue weighted by molar-refractivity contribution is 6.00. The molecule has 0 atom stereocenters. The third-order valence-electron chi connectivity index (χ3n) is 4.20. The fraction of sp³-hybridized carbons (Fsp3) is 0.174. The average molecular weight is 406 g/mol. The van der Waals surface area contributed by atoms with E-state index in [1.807, 2.05) is 31.2 Å². The summed E-state index contributed by atoms with van der Waals surface area (Å²) in [6.45, 7) is 2.12. The minimum Gasteiger partial charge on any atom is -0.497 e. The third kappa shape index (κ3) is 5.35. The summed E-state index contributed by atoms with van der Waals surface area (Å²) in [6.07, 6.45) is 1.57. The Balaban J connectivity index is 1.65. The van der Waals surface area contributed by atoms with Gasteiger partial charge in [-0.1, -0.05) is 0 Å². The van der Waals surface area contributed by atoms with Gasteiger partial charge in [-0.05, 0) is 67.6 Å². The maximum atomic E-state index is 12.5. The van der Waals surface area contributed by atoms with Gasteiger partial charge in [0.25, 0.3) is 0 Å². The van der Waals surface area contributed by atoms with Crippen molar-refractivity contribution in [3.05, 3.63) is 78.0 Å². The monoisotopic (exact) mass is 406 g/mol. The van der Waals surface area contributed by atoms with Gasteiger partial charge in [0.2, 0.25) is 0 Å². The van der Waals surface area contributed by atoms with Crippen LogP contribution in [0.15, 0.2) is 66.9 Å². The number of ether oxygens (including phenoxy) is 3. The Morgan fingerprint density at radius 2 is 1.67 bits per heavy atom. The maximum Gasteiger partial charge on any atom is 0.342 e. The van der Waals surface area contributed by atoms with Gasteiger partial charge in [-0.2, -0.15) is 0 Å². The van der Waals surface area contributed by atoms with E-state index in [2.05, 4.69) is 10.3 Å². The van der Waals surface area contributed by atoms with Gasteiger partial charge in [0, 0.05) is 17.4 Å². The second-order valence-electron chi connectivity index (χ2n) is 6.21. The Labute approximate surface area is 174 Å². The van der Waals surface area contributed by atoms with Crippen LogP contribution >= 0.6 is 0 Å².